The van der Waals surface area contributed by atoms with Gasteiger partial charge in [0.25, 0.3) is 0 Å². The highest BCUT2D eigenvalue weighted by molar-refractivity contribution is 6.02. The van der Waals surface area contributed by atoms with Gasteiger partial charge in [0, 0.05) is 11.1 Å². The summed E-state index contributed by atoms with van der Waals surface area (Å²) in [5.74, 6) is -2.38. The van der Waals surface area contributed by atoms with Gasteiger partial charge in [0.2, 0.25) is 5.91 Å². The van der Waals surface area contributed by atoms with E-state index in [9.17, 15) is 14.4 Å². The van der Waals surface area contributed by atoms with Crippen molar-refractivity contribution in [2.75, 3.05) is 7.11 Å². The molecule has 0 saturated heterocycles. The summed E-state index contributed by atoms with van der Waals surface area (Å²) in [4.78, 5) is 34.3. The Morgan fingerprint density at radius 1 is 1.21 bits per heavy atom. The number of rotatable bonds is 6. The maximum absolute atomic E-state index is 11.9. The van der Waals surface area contributed by atoms with Gasteiger partial charge in [0.05, 0.1) is 7.11 Å². The first-order valence-electron chi connectivity index (χ1n) is 6.05. The van der Waals surface area contributed by atoms with E-state index in [0.717, 1.165) is 0 Å². The first-order valence-corrected chi connectivity index (χ1v) is 6.05. The number of aliphatic carboxylic acids is 1. The monoisotopic (exact) mass is 271 g/mol. The van der Waals surface area contributed by atoms with Crippen LogP contribution in [0.5, 0.6) is 0 Å². The van der Waals surface area contributed by atoms with Gasteiger partial charge < -0.3 is 15.2 Å². The van der Waals surface area contributed by atoms with Crippen molar-refractivity contribution in [1.82, 2.24) is 5.32 Å². The molecule has 2 N–H and O–H groups in total. The lowest BCUT2D eigenvalue weighted by Gasteiger charge is -2.22. The van der Waals surface area contributed by atoms with E-state index in [1.54, 1.807) is 0 Å². The van der Waals surface area contributed by atoms with Gasteiger partial charge in [-0.15, -0.1) is 0 Å². The Morgan fingerprint density at radius 3 is 2.11 bits per heavy atom. The molecule has 0 heterocycles. The van der Waals surface area contributed by atoms with Crippen LogP contribution in [0.3, 0.4) is 0 Å². The van der Waals surface area contributed by atoms with E-state index in [2.05, 4.69) is 10.1 Å². The summed E-state index contributed by atoms with van der Waals surface area (Å²) >= 11 is 0. The lowest BCUT2D eigenvalue weighted by molar-refractivity contribution is -0.146. The number of carboxylic acid groups (broad SMARTS) is 1. The Hall–Kier alpha value is -1.85. The Kier molecular flexibility index (Phi) is 6.82. The van der Waals surface area contributed by atoms with Crippen molar-refractivity contribution in [3.8, 4) is 0 Å². The minimum absolute atomic E-state index is 0.0507. The van der Waals surface area contributed by atoms with Crippen molar-refractivity contribution in [3.63, 3.8) is 0 Å². The van der Waals surface area contributed by atoms with Crippen LogP contribution < -0.4 is 5.32 Å². The number of methoxy groups -OCH3 is 1. The van der Waals surface area contributed by atoms with E-state index in [-0.39, 0.29) is 17.1 Å². The Labute approximate surface area is 112 Å². The molecule has 108 valence electrons. The summed E-state index contributed by atoms with van der Waals surface area (Å²) in [5.41, 5.74) is 0.0231. The molecule has 6 nitrogen and oxygen atoms in total. The molecule has 6 heteroatoms. The number of carboxylic acids is 1. The van der Waals surface area contributed by atoms with Gasteiger partial charge in [0.15, 0.2) is 0 Å². The number of nitrogens with one attached hydrogen (secondary N) is 1. The molecule has 0 aliphatic carbocycles. The standard InChI is InChI=1S/C13H21NO5/c1-6-7(2)10(13(18)19-5)14-11(15)8(3)9(4)12(16)17/h7,10H,6H2,1-5H3,(H,14,15)(H,16,17). The molecule has 0 spiro atoms. The summed E-state index contributed by atoms with van der Waals surface area (Å²) in [6, 6.07) is -0.779. The fourth-order valence-corrected chi connectivity index (χ4v) is 1.38. The second-order valence-electron chi connectivity index (χ2n) is 4.41. The smallest absolute Gasteiger partial charge is 0.331 e. The maximum atomic E-state index is 11.9. The summed E-state index contributed by atoms with van der Waals surface area (Å²) in [7, 11) is 1.25. The summed E-state index contributed by atoms with van der Waals surface area (Å²) in [6.45, 7) is 6.44. The first kappa shape index (κ1) is 17.2. The van der Waals surface area contributed by atoms with Gasteiger partial charge in [-0.2, -0.15) is 0 Å². The quantitative estimate of drug-likeness (QED) is 0.557. The van der Waals surface area contributed by atoms with Crippen molar-refractivity contribution >= 4 is 17.8 Å². The zero-order valence-electron chi connectivity index (χ0n) is 11.9. The molecule has 0 fully saturated rings. The number of carbonyl (C=O) groups is 3. The predicted octanol–water partition coefficient (Wildman–Crippen LogP) is 1.11. The average Bonchev–Trinajstić information content (AvgIpc) is 2.40. The van der Waals surface area contributed by atoms with Gasteiger partial charge in [-0.25, -0.2) is 9.59 Å². The van der Waals surface area contributed by atoms with Crippen LogP contribution >= 0.6 is 0 Å². The number of carbonyl (C=O) groups excluding carboxylic acids is 2. The van der Waals surface area contributed by atoms with E-state index >= 15 is 0 Å². The van der Waals surface area contributed by atoms with Gasteiger partial charge in [0.1, 0.15) is 6.04 Å². The van der Waals surface area contributed by atoms with Crippen LogP contribution in [0.15, 0.2) is 11.1 Å². The zero-order chi connectivity index (χ0) is 15.2. The topological polar surface area (TPSA) is 92.7 Å². The molecule has 0 rings (SSSR count). The third kappa shape index (κ3) is 4.73. The Balaban J connectivity index is 5.07. The van der Waals surface area contributed by atoms with Crippen LogP contribution in [-0.4, -0.2) is 36.1 Å². The number of hydrogen-bond acceptors (Lipinski definition) is 4. The predicted molar refractivity (Wildman–Crippen MR) is 69.4 cm³/mol. The molecule has 0 aromatic heterocycles. The molecular formula is C13H21NO5. The molecule has 2 atom stereocenters. The molecule has 1 amide bonds. The summed E-state index contributed by atoms with van der Waals surface area (Å²) in [6.07, 6.45) is 0.681. The molecule has 0 aliphatic rings. The molecule has 19 heavy (non-hydrogen) atoms. The second-order valence-corrected chi connectivity index (χ2v) is 4.41. The third-order valence-electron chi connectivity index (χ3n) is 3.18. The van der Waals surface area contributed by atoms with Crippen LogP contribution in [0.1, 0.15) is 34.1 Å². The van der Waals surface area contributed by atoms with Gasteiger partial charge >= 0.3 is 11.9 Å². The van der Waals surface area contributed by atoms with E-state index in [0.29, 0.717) is 6.42 Å². The van der Waals surface area contributed by atoms with Crippen LogP contribution in [-0.2, 0) is 19.1 Å². The van der Waals surface area contributed by atoms with Crippen molar-refractivity contribution < 1.29 is 24.2 Å². The second kappa shape index (κ2) is 7.56. The van der Waals surface area contributed by atoms with Crippen LogP contribution in [0, 0.1) is 5.92 Å². The highest BCUT2D eigenvalue weighted by atomic mass is 16.5. The van der Waals surface area contributed by atoms with E-state index in [1.807, 2.05) is 13.8 Å². The van der Waals surface area contributed by atoms with Crippen LogP contribution in [0.4, 0.5) is 0 Å². The van der Waals surface area contributed by atoms with Crippen LogP contribution in [0.2, 0.25) is 0 Å². The Morgan fingerprint density at radius 2 is 1.74 bits per heavy atom. The summed E-state index contributed by atoms with van der Waals surface area (Å²) in [5, 5.41) is 11.3. The number of amides is 1. The van der Waals surface area contributed by atoms with E-state index < -0.39 is 23.9 Å². The minimum atomic E-state index is -1.16. The lowest BCUT2D eigenvalue weighted by atomic mass is 9.98. The van der Waals surface area contributed by atoms with Crippen molar-refractivity contribution in [1.29, 1.82) is 0 Å². The van der Waals surface area contributed by atoms with Crippen molar-refractivity contribution in [3.05, 3.63) is 11.1 Å². The van der Waals surface area contributed by atoms with E-state index in [4.69, 9.17) is 5.11 Å². The van der Waals surface area contributed by atoms with E-state index in [1.165, 1.54) is 21.0 Å². The fraction of sp³-hybridized carbons (Fsp3) is 0.615. The molecule has 0 bridgehead atoms. The van der Waals surface area contributed by atoms with Gasteiger partial charge in [-0.3, -0.25) is 4.79 Å². The highest BCUT2D eigenvalue weighted by Crippen LogP contribution is 2.11. The SMILES string of the molecule is CCC(C)C(NC(=O)C(C)=C(C)C(=O)O)C(=O)OC. The molecule has 0 radical (unpaired) electrons. The lowest BCUT2D eigenvalue weighted by Crippen LogP contribution is -2.46. The van der Waals surface area contributed by atoms with Crippen molar-refractivity contribution in [2.45, 2.75) is 40.2 Å². The average molecular weight is 271 g/mol. The fourth-order valence-electron chi connectivity index (χ4n) is 1.38. The minimum Gasteiger partial charge on any atom is -0.478 e. The maximum Gasteiger partial charge on any atom is 0.331 e. The summed E-state index contributed by atoms with van der Waals surface area (Å²) < 4.78 is 4.64. The molecule has 0 saturated carbocycles. The van der Waals surface area contributed by atoms with Crippen molar-refractivity contribution in [2.24, 2.45) is 5.92 Å². The molecular weight excluding hydrogens is 250 g/mol. The zero-order valence-corrected chi connectivity index (χ0v) is 11.9. The largest absolute Gasteiger partial charge is 0.478 e. The van der Waals surface area contributed by atoms with Crippen LogP contribution in [0.25, 0.3) is 0 Å². The molecule has 2 unspecified atom stereocenters. The highest BCUT2D eigenvalue weighted by Gasteiger charge is 2.27. The Bertz CT molecular complexity index is 400. The van der Waals surface area contributed by atoms with Gasteiger partial charge in [-0.1, -0.05) is 20.3 Å². The molecule has 0 aliphatic heterocycles. The normalized spacial score (nSPS) is 15.0. The number of hydrogen-bond donors (Lipinski definition) is 2. The number of ether oxygens (including phenoxy) is 1. The van der Waals surface area contributed by atoms with Gasteiger partial charge in [-0.05, 0) is 19.8 Å². The third-order valence-corrected chi connectivity index (χ3v) is 3.18. The molecule has 0 aromatic rings. The molecule has 0 aromatic carbocycles. The first-order chi connectivity index (χ1) is 8.76. The number of esters is 1.